The third-order valence-electron chi connectivity index (χ3n) is 1.35. The maximum absolute atomic E-state index is 10.8. The van der Waals surface area contributed by atoms with Crippen LogP contribution in [0, 0.1) is 5.39 Å². The van der Waals surface area contributed by atoms with Crippen molar-refractivity contribution in [3.05, 3.63) is 34.8 Å². The molecule has 1 amide bonds. The summed E-state index contributed by atoms with van der Waals surface area (Å²) in [4.78, 5) is 13.7. The van der Waals surface area contributed by atoms with Crippen molar-refractivity contribution in [1.82, 2.24) is 5.48 Å². The van der Waals surface area contributed by atoms with Crippen LogP contribution in [0.25, 0.3) is 4.98 Å². The zero-order valence-electron chi connectivity index (χ0n) is 6.06. The molecule has 0 spiro atoms. The molecule has 0 aliphatic carbocycles. The molecule has 0 radical (unpaired) electrons. The lowest BCUT2D eigenvalue weighted by Gasteiger charge is -1.94. The summed E-state index contributed by atoms with van der Waals surface area (Å²) in [6.07, 6.45) is 0. The third-order valence-corrected chi connectivity index (χ3v) is 1.35. The lowest BCUT2D eigenvalue weighted by Crippen LogP contribution is -2.18. The Morgan fingerprint density at radius 1 is 1.42 bits per heavy atom. The molecule has 1 aromatic rings. The first kappa shape index (κ1) is 8.17. The van der Waals surface area contributed by atoms with E-state index in [1.807, 2.05) is 0 Å². The van der Waals surface area contributed by atoms with Crippen LogP contribution in [0.2, 0.25) is 0 Å². The van der Waals surface area contributed by atoms with Gasteiger partial charge in [0.25, 0.3) is 5.91 Å². The maximum Gasteiger partial charge on any atom is 0.385 e. The van der Waals surface area contributed by atoms with Crippen LogP contribution in [-0.4, -0.2) is 11.1 Å². The van der Waals surface area contributed by atoms with Crippen LogP contribution in [-0.2, 0) is 0 Å². The quantitative estimate of drug-likeness (QED) is 0.373. The predicted octanol–water partition coefficient (Wildman–Crippen LogP) is 1.29. The molecular formula is C7H6N3O2+. The predicted molar refractivity (Wildman–Crippen MR) is 40.4 cm³/mol. The molecule has 60 valence electrons. The van der Waals surface area contributed by atoms with Crippen LogP contribution < -0.4 is 5.48 Å². The molecule has 5 nitrogen and oxygen atoms in total. The Morgan fingerprint density at radius 3 is 2.42 bits per heavy atom. The van der Waals surface area contributed by atoms with Crippen molar-refractivity contribution in [3.63, 3.8) is 0 Å². The monoisotopic (exact) mass is 164 g/mol. The van der Waals surface area contributed by atoms with Gasteiger partial charge < -0.3 is 0 Å². The van der Waals surface area contributed by atoms with E-state index in [-0.39, 0.29) is 0 Å². The summed E-state index contributed by atoms with van der Waals surface area (Å²) in [6, 6.07) is 5.76. The van der Waals surface area contributed by atoms with Crippen molar-refractivity contribution in [2.45, 2.75) is 0 Å². The molecule has 0 aliphatic rings. The first-order chi connectivity index (χ1) is 5.77. The zero-order valence-corrected chi connectivity index (χ0v) is 6.06. The third kappa shape index (κ3) is 1.56. The minimum Gasteiger partial charge on any atom is -0.288 e. The first-order valence-electron chi connectivity index (χ1n) is 3.17. The van der Waals surface area contributed by atoms with Gasteiger partial charge in [-0.1, -0.05) is 0 Å². The first-order valence-corrected chi connectivity index (χ1v) is 3.17. The molecule has 12 heavy (non-hydrogen) atoms. The Balaban J connectivity index is 2.94. The Labute approximate surface area is 68.2 Å². The topological polar surface area (TPSA) is 77.5 Å². The number of diazo groups is 1. The smallest absolute Gasteiger partial charge is 0.288 e. The average Bonchev–Trinajstić information content (AvgIpc) is 2.17. The van der Waals surface area contributed by atoms with Crippen molar-refractivity contribution in [1.29, 1.82) is 5.39 Å². The van der Waals surface area contributed by atoms with Gasteiger partial charge >= 0.3 is 5.69 Å². The van der Waals surface area contributed by atoms with Gasteiger partial charge in [0.05, 0.1) is 0 Å². The van der Waals surface area contributed by atoms with Crippen LogP contribution in [0.1, 0.15) is 10.4 Å². The Bertz CT molecular complexity index is 325. The highest BCUT2D eigenvalue weighted by Gasteiger charge is 2.07. The number of hydrogen-bond acceptors (Lipinski definition) is 3. The molecule has 0 unspecified atom stereocenters. The van der Waals surface area contributed by atoms with Crippen molar-refractivity contribution >= 4 is 11.6 Å². The second-order valence-electron chi connectivity index (χ2n) is 2.09. The van der Waals surface area contributed by atoms with Gasteiger partial charge in [0.2, 0.25) is 5.39 Å². The molecule has 0 saturated carbocycles. The summed E-state index contributed by atoms with van der Waals surface area (Å²) >= 11 is 0. The largest absolute Gasteiger partial charge is 0.385 e. The molecule has 0 saturated heterocycles. The summed E-state index contributed by atoms with van der Waals surface area (Å²) in [5.74, 6) is -0.598. The van der Waals surface area contributed by atoms with Gasteiger partial charge in [-0.25, -0.2) is 5.48 Å². The van der Waals surface area contributed by atoms with Gasteiger partial charge in [-0.3, -0.25) is 10.0 Å². The van der Waals surface area contributed by atoms with Gasteiger partial charge in [0, 0.05) is 17.7 Å². The molecule has 1 rings (SSSR count). The minimum absolute atomic E-state index is 0.296. The van der Waals surface area contributed by atoms with E-state index in [9.17, 15) is 4.79 Å². The number of hydroxylamine groups is 1. The molecule has 5 heteroatoms. The van der Waals surface area contributed by atoms with Gasteiger partial charge in [0.15, 0.2) is 4.98 Å². The zero-order chi connectivity index (χ0) is 8.97. The normalized spacial score (nSPS) is 8.67. The summed E-state index contributed by atoms with van der Waals surface area (Å²) in [5, 5.41) is 16.5. The molecule has 2 N–H and O–H groups in total. The molecule has 0 heterocycles. The lowest BCUT2D eigenvalue weighted by molar-refractivity contribution is 0.0706. The standard InChI is InChI=1S/C7H5N3O2/c8-9-6-3-1-5(2-4-6)7(11)10-12/h1-4H,(H-,10,11,12)/p+1. The van der Waals surface area contributed by atoms with E-state index in [4.69, 9.17) is 10.6 Å². The van der Waals surface area contributed by atoms with E-state index in [2.05, 4.69) is 4.98 Å². The van der Waals surface area contributed by atoms with E-state index in [1.54, 1.807) is 0 Å². The van der Waals surface area contributed by atoms with Gasteiger partial charge in [-0.05, 0) is 12.1 Å². The number of hydrogen-bond donors (Lipinski definition) is 2. The van der Waals surface area contributed by atoms with Crippen molar-refractivity contribution < 1.29 is 10.0 Å². The number of nitrogens with one attached hydrogen (secondary N) is 1. The van der Waals surface area contributed by atoms with E-state index < -0.39 is 5.91 Å². The number of benzene rings is 1. The summed E-state index contributed by atoms with van der Waals surface area (Å²) in [7, 11) is 0. The molecule has 0 aromatic heterocycles. The van der Waals surface area contributed by atoms with Gasteiger partial charge in [-0.15, -0.1) is 0 Å². The average molecular weight is 164 g/mol. The maximum atomic E-state index is 10.8. The molecule has 1 aromatic carbocycles. The molecule has 0 bridgehead atoms. The van der Waals surface area contributed by atoms with E-state index in [0.717, 1.165) is 0 Å². The number of carbonyl (C=O) groups excluding carboxylic acids is 1. The number of carbonyl (C=O) groups is 1. The van der Waals surface area contributed by atoms with Gasteiger partial charge in [0.1, 0.15) is 0 Å². The second kappa shape index (κ2) is 3.46. The fraction of sp³-hybridized carbons (Fsp3) is 0. The van der Waals surface area contributed by atoms with Crippen LogP contribution in [0.5, 0.6) is 0 Å². The van der Waals surface area contributed by atoms with E-state index in [1.165, 1.54) is 29.7 Å². The molecule has 0 fully saturated rings. The Morgan fingerprint density at radius 2 is 2.00 bits per heavy atom. The van der Waals surface area contributed by atoms with Crippen molar-refractivity contribution in [2.24, 2.45) is 0 Å². The number of rotatable bonds is 1. The molecular weight excluding hydrogens is 158 g/mol. The number of amides is 1. The van der Waals surface area contributed by atoms with E-state index in [0.29, 0.717) is 11.3 Å². The highest BCUT2D eigenvalue weighted by Crippen LogP contribution is 2.11. The molecule has 0 aliphatic heterocycles. The summed E-state index contributed by atoms with van der Waals surface area (Å²) < 4.78 is 0. The number of nitrogens with zero attached hydrogens (tertiary/aromatic N) is 2. The Hall–Kier alpha value is -1.93. The highest BCUT2D eigenvalue weighted by atomic mass is 16.5. The fourth-order valence-electron chi connectivity index (χ4n) is 0.744. The fourth-order valence-corrected chi connectivity index (χ4v) is 0.744. The minimum atomic E-state index is -0.598. The van der Waals surface area contributed by atoms with Gasteiger partial charge in [-0.2, -0.15) is 0 Å². The second-order valence-corrected chi connectivity index (χ2v) is 2.09. The Kier molecular flexibility index (Phi) is 2.35. The van der Waals surface area contributed by atoms with Crippen LogP contribution in [0.4, 0.5) is 5.69 Å². The SMILES string of the molecule is N#[N+]c1ccc(C(=O)NO)cc1. The van der Waals surface area contributed by atoms with Crippen LogP contribution >= 0.6 is 0 Å². The van der Waals surface area contributed by atoms with Crippen molar-refractivity contribution in [3.8, 4) is 0 Å². The summed E-state index contributed by atoms with van der Waals surface area (Å²) in [6.45, 7) is 0. The lowest BCUT2D eigenvalue weighted by atomic mass is 10.2. The van der Waals surface area contributed by atoms with Crippen LogP contribution in [0.3, 0.4) is 0 Å². The molecule has 0 atom stereocenters. The van der Waals surface area contributed by atoms with E-state index >= 15 is 0 Å². The van der Waals surface area contributed by atoms with Crippen LogP contribution in [0.15, 0.2) is 24.3 Å². The summed E-state index contributed by atoms with van der Waals surface area (Å²) in [5.41, 5.74) is 2.13. The van der Waals surface area contributed by atoms with Crippen molar-refractivity contribution in [2.75, 3.05) is 0 Å². The highest BCUT2D eigenvalue weighted by molar-refractivity contribution is 5.93.